The fourth-order valence-corrected chi connectivity index (χ4v) is 3.60. The summed E-state index contributed by atoms with van der Waals surface area (Å²) < 4.78 is 28.2. The van der Waals surface area contributed by atoms with Crippen molar-refractivity contribution in [1.82, 2.24) is 19.2 Å². The van der Waals surface area contributed by atoms with Crippen LogP contribution in [0.2, 0.25) is 0 Å². The second-order valence-corrected chi connectivity index (χ2v) is 6.53. The SMILES string of the molecule is Cn1cnc(N)c1S(=O)(=O)NCCN1CCCCC1. The van der Waals surface area contributed by atoms with Gasteiger partial charge >= 0.3 is 0 Å². The number of nitrogens with zero attached hydrogens (tertiary/aromatic N) is 3. The zero-order chi connectivity index (χ0) is 13.9. The Labute approximate surface area is 113 Å². The molecule has 2 heterocycles. The number of anilines is 1. The lowest BCUT2D eigenvalue weighted by Gasteiger charge is -2.26. The molecule has 1 fully saturated rings. The van der Waals surface area contributed by atoms with E-state index in [0.717, 1.165) is 19.6 Å². The Bertz CT molecular complexity index is 500. The summed E-state index contributed by atoms with van der Waals surface area (Å²) in [4.78, 5) is 6.07. The van der Waals surface area contributed by atoms with Gasteiger partial charge in [-0.15, -0.1) is 0 Å². The normalized spacial score (nSPS) is 17.7. The molecule has 0 saturated carbocycles. The lowest BCUT2D eigenvalue weighted by molar-refractivity contribution is 0.232. The van der Waals surface area contributed by atoms with Gasteiger partial charge < -0.3 is 15.2 Å². The number of nitrogen functional groups attached to an aromatic ring is 1. The molecule has 0 aromatic carbocycles. The molecule has 1 aliphatic rings. The number of likely N-dealkylation sites (tertiary alicyclic amines) is 1. The van der Waals surface area contributed by atoms with Crippen LogP contribution in [0.3, 0.4) is 0 Å². The van der Waals surface area contributed by atoms with E-state index in [2.05, 4.69) is 14.6 Å². The third kappa shape index (κ3) is 3.46. The minimum atomic E-state index is -3.58. The van der Waals surface area contributed by atoms with Crippen LogP contribution in [0.1, 0.15) is 19.3 Å². The highest BCUT2D eigenvalue weighted by molar-refractivity contribution is 7.89. The van der Waals surface area contributed by atoms with Crippen LogP contribution in [0.25, 0.3) is 0 Å². The number of aryl methyl sites for hydroxylation is 1. The number of rotatable bonds is 5. The van der Waals surface area contributed by atoms with Crippen molar-refractivity contribution in [2.75, 3.05) is 31.9 Å². The van der Waals surface area contributed by atoms with Crippen molar-refractivity contribution in [1.29, 1.82) is 0 Å². The highest BCUT2D eigenvalue weighted by Gasteiger charge is 2.22. The zero-order valence-electron chi connectivity index (χ0n) is 11.2. The van der Waals surface area contributed by atoms with E-state index in [9.17, 15) is 8.42 Å². The molecule has 19 heavy (non-hydrogen) atoms. The van der Waals surface area contributed by atoms with Gasteiger partial charge in [0.15, 0.2) is 10.8 Å². The van der Waals surface area contributed by atoms with Crippen LogP contribution in [-0.2, 0) is 17.1 Å². The van der Waals surface area contributed by atoms with Crippen LogP contribution in [-0.4, -0.2) is 49.0 Å². The van der Waals surface area contributed by atoms with E-state index in [-0.39, 0.29) is 10.8 Å². The Morgan fingerprint density at radius 2 is 2.05 bits per heavy atom. The van der Waals surface area contributed by atoms with Crippen molar-refractivity contribution in [3.63, 3.8) is 0 Å². The van der Waals surface area contributed by atoms with Gasteiger partial charge in [-0.2, -0.15) is 0 Å². The predicted octanol–water partition coefficient (Wildman–Crippen LogP) is -0.233. The summed E-state index contributed by atoms with van der Waals surface area (Å²) in [6, 6.07) is 0. The molecule has 1 aromatic rings. The number of hydrogen-bond donors (Lipinski definition) is 2. The first-order valence-electron chi connectivity index (χ1n) is 6.49. The Hall–Kier alpha value is -1.12. The number of piperidine rings is 1. The summed E-state index contributed by atoms with van der Waals surface area (Å²) in [5.41, 5.74) is 5.58. The van der Waals surface area contributed by atoms with E-state index in [1.807, 2.05) is 0 Å². The van der Waals surface area contributed by atoms with Gasteiger partial charge in [-0.05, 0) is 25.9 Å². The molecule has 3 N–H and O–H groups in total. The van der Waals surface area contributed by atoms with Gasteiger partial charge in [0.25, 0.3) is 10.0 Å². The van der Waals surface area contributed by atoms with Gasteiger partial charge in [0.2, 0.25) is 0 Å². The van der Waals surface area contributed by atoms with Crippen LogP contribution in [0.5, 0.6) is 0 Å². The van der Waals surface area contributed by atoms with E-state index >= 15 is 0 Å². The number of hydrogen-bond acceptors (Lipinski definition) is 5. The maximum atomic E-state index is 12.1. The molecule has 1 aromatic heterocycles. The Morgan fingerprint density at radius 1 is 1.37 bits per heavy atom. The number of imidazole rings is 1. The summed E-state index contributed by atoms with van der Waals surface area (Å²) in [6.45, 7) is 3.23. The van der Waals surface area contributed by atoms with Crippen molar-refractivity contribution < 1.29 is 8.42 Å². The molecular weight excluding hydrogens is 266 g/mol. The highest BCUT2D eigenvalue weighted by Crippen LogP contribution is 2.14. The van der Waals surface area contributed by atoms with Crippen molar-refractivity contribution in [3.8, 4) is 0 Å². The van der Waals surface area contributed by atoms with Gasteiger partial charge in [0.1, 0.15) is 0 Å². The first-order chi connectivity index (χ1) is 9.00. The second-order valence-electron chi connectivity index (χ2n) is 4.85. The molecule has 0 amide bonds. The average Bonchev–Trinajstić information content (AvgIpc) is 2.70. The molecule has 0 unspecified atom stereocenters. The average molecular weight is 287 g/mol. The maximum Gasteiger partial charge on any atom is 0.260 e. The molecule has 2 rings (SSSR count). The number of sulfonamides is 1. The highest BCUT2D eigenvalue weighted by atomic mass is 32.2. The number of nitrogens with two attached hydrogens (primary N) is 1. The largest absolute Gasteiger partial charge is 0.381 e. The lowest BCUT2D eigenvalue weighted by Crippen LogP contribution is -2.38. The fraction of sp³-hybridized carbons (Fsp3) is 0.727. The number of nitrogens with one attached hydrogen (secondary N) is 1. The smallest absolute Gasteiger partial charge is 0.260 e. The predicted molar refractivity (Wildman–Crippen MR) is 73.1 cm³/mol. The molecular formula is C11H21N5O2S. The van der Waals surface area contributed by atoms with E-state index in [1.54, 1.807) is 7.05 Å². The Kier molecular flexibility index (Phi) is 4.43. The van der Waals surface area contributed by atoms with Crippen LogP contribution < -0.4 is 10.5 Å². The maximum absolute atomic E-state index is 12.1. The van der Waals surface area contributed by atoms with E-state index in [4.69, 9.17) is 5.73 Å². The summed E-state index contributed by atoms with van der Waals surface area (Å²) >= 11 is 0. The quantitative estimate of drug-likeness (QED) is 0.780. The molecule has 0 spiro atoms. The summed E-state index contributed by atoms with van der Waals surface area (Å²) in [5, 5.41) is 0.0335. The number of aromatic nitrogens is 2. The van der Waals surface area contributed by atoms with Gasteiger partial charge in [-0.25, -0.2) is 18.1 Å². The van der Waals surface area contributed by atoms with Crippen molar-refractivity contribution >= 4 is 15.8 Å². The van der Waals surface area contributed by atoms with Gasteiger partial charge in [-0.1, -0.05) is 6.42 Å². The standard InChI is InChI=1S/C11H21N5O2S/c1-15-9-13-10(12)11(15)19(17,18)14-5-8-16-6-3-2-4-7-16/h9,14H,2-8,12H2,1H3. The molecule has 1 saturated heterocycles. The molecule has 0 bridgehead atoms. The summed E-state index contributed by atoms with van der Waals surface area (Å²) in [6.07, 6.45) is 5.06. The molecule has 108 valence electrons. The zero-order valence-corrected chi connectivity index (χ0v) is 12.0. The lowest BCUT2D eigenvalue weighted by atomic mass is 10.1. The van der Waals surface area contributed by atoms with Crippen LogP contribution >= 0.6 is 0 Å². The van der Waals surface area contributed by atoms with Gasteiger partial charge in [0.05, 0.1) is 6.33 Å². The van der Waals surface area contributed by atoms with Crippen molar-refractivity contribution in [2.45, 2.75) is 24.3 Å². The van der Waals surface area contributed by atoms with Crippen LogP contribution in [0, 0.1) is 0 Å². The molecule has 7 nitrogen and oxygen atoms in total. The van der Waals surface area contributed by atoms with E-state index in [1.165, 1.54) is 30.2 Å². The third-order valence-corrected chi connectivity index (χ3v) is 4.92. The van der Waals surface area contributed by atoms with E-state index in [0.29, 0.717) is 6.54 Å². The van der Waals surface area contributed by atoms with Gasteiger partial charge in [-0.3, -0.25) is 0 Å². The topological polar surface area (TPSA) is 93.2 Å². The summed E-state index contributed by atoms with van der Waals surface area (Å²) in [5.74, 6) is 0.0352. The van der Waals surface area contributed by atoms with Crippen molar-refractivity contribution in [2.24, 2.45) is 7.05 Å². The minimum Gasteiger partial charge on any atom is -0.381 e. The Balaban J connectivity index is 1.91. The molecule has 0 atom stereocenters. The van der Waals surface area contributed by atoms with Crippen LogP contribution in [0.15, 0.2) is 11.4 Å². The molecule has 8 heteroatoms. The summed E-state index contributed by atoms with van der Waals surface area (Å²) in [7, 11) is -1.97. The van der Waals surface area contributed by atoms with Crippen LogP contribution in [0.4, 0.5) is 5.82 Å². The Morgan fingerprint density at radius 3 is 2.63 bits per heavy atom. The second kappa shape index (κ2) is 5.89. The molecule has 1 aliphatic heterocycles. The molecule has 0 radical (unpaired) electrons. The first-order valence-corrected chi connectivity index (χ1v) is 7.98. The molecule has 0 aliphatic carbocycles. The third-order valence-electron chi connectivity index (χ3n) is 3.33. The monoisotopic (exact) mass is 287 g/mol. The van der Waals surface area contributed by atoms with Gasteiger partial charge in [0, 0.05) is 20.1 Å². The van der Waals surface area contributed by atoms with E-state index < -0.39 is 10.0 Å². The minimum absolute atomic E-state index is 0.0335. The fourth-order valence-electron chi connectivity index (χ4n) is 2.35. The first kappa shape index (κ1) is 14.3. The van der Waals surface area contributed by atoms with Crippen molar-refractivity contribution in [3.05, 3.63) is 6.33 Å².